The summed E-state index contributed by atoms with van der Waals surface area (Å²) < 4.78 is 13.2. The molecule has 1 amide bonds. The summed E-state index contributed by atoms with van der Waals surface area (Å²) in [4.78, 5) is 12.8. The first-order chi connectivity index (χ1) is 13.2. The van der Waals surface area contributed by atoms with Crippen LogP contribution in [0.15, 0.2) is 42.5 Å². The van der Waals surface area contributed by atoms with Crippen LogP contribution in [0.2, 0.25) is 0 Å². The Kier molecular flexibility index (Phi) is 7.76. The maximum Gasteiger partial charge on any atom is 0.279 e. The molecule has 0 aliphatic heterocycles. The Morgan fingerprint density at radius 2 is 1.46 bits per heavy atom. The second kappa shape index (κ2) is 9.83. The molecule has 0 spiro atoms. The van der Waals surface area contributed by atoms with Gasteiger partial charge in [-0.2, -0.15) is 0 Å². The molecule has 0 saturated heterocycles. The van der Waals surface area contributed by atoms with E-state index in [1.807, 2.05) is 5.32 Å². The molecule has 0 aromatic heterocycles. The van der Waals surface area contributed by atoms with Crippen LogP contribution in [0.5, 0.6) is 0 Å². The Bertz CT molecular complexity index is 755. The maximum absolute atomic E-state index is 13.2. The van der Waals surface area contributed by atoms with Gasteiger partial charge in [-0.1, -0.05) is 71.9 Å². The number of carbonyl (C=O) groups is 1. The van der Waals surface area contributed by atoms with Crippen LogP contribution in [0.25, 0.3) is 0 Å². The highest BCUT2D eigenvalue weighted by Gasteiger charge is 2.22. The van der Waals surface area contributed by atoms with Crippen molar-refractivity contribution in [3.63, 3.8) is 0 Å². The number of para-hydroxylation sites is 1. The summed E-state index contributed by atoms with van der Waals surface area (Å²) in [7, 11) is 0. The third kappa shape index (κ3) is 5.65. The molecule has 3 nitrogen and oxygen atoms in total. The van der Waals surface area contributed by atoms with Crippen LogP contribution >= 0.6 is 0 Å². The largest absolute Gasteiger partial charge is 0.332 e. The summed E-state index contributed by atoms with van der Waals surface area (Å²) in [6, 6.07) is 12.9. The third-order valence-electron chi connectivity index (χ3n) is 5.17. The average Bonchev–Trinajstić information content (AvgIpc) is 2.62. The lowest BCUT2D eigenvalue weighted by molar-refractivity contribution is -0.692. The van der Waals surface area contributed by atoms with Crippen LogP contribution < -0.4 is 10.6 Å². The van der Waals surface area contributed by atoms with Gasteiger partial charge in [-0.25, -0.2) is 4.39 Å². The Morgan fingerprint density at radius 1 is 0.929 bits per heavy atom. The number of hydrogen-bond acceptors (Lipinski definition) is 1. The fourth-order valence-corrected chi connectivity index (χ4v) is 3.60. The van der Waals surface area contributed by atoms with E-state index in [0.717, 1.165) is 11.3 Å². The van der Waals surface area contributed by atoms with Gasteiger partial charge in [0, 0.05) is 17.2 Å². The molecule has 0 radical (unpaired) electrons. The summed E-state index contributed by atoms with van der Waals surface area (Å²) in [6.07, 6.45) is 0. The Balaban J connectivity index is 2.14. The van der Waals surface area contributed by atoms with Crippen LogP contribution in [0.3, 0.4) is 0 Å². The van der Waals surface area contributed by atoms with Gasteiger partial charge in [0.25, 0.3) is 5.91 Å². The zero-order chi connectivity index (χ0) is 20.8. The molecule has 0 fully saturated rings. The molecule has 2 aromatic carbocycles. The number of anilines is 1. The van der Waals surface area contributed by atoms with E-state index in [-0.39, 0.29) is 17.8 Å². The van der Waals surface area contributed by atoms with E-state index in [1.54, 1.807) is 12.1 Å². The minimum absolute atomic E-state index is 0.0113. The van der Waals surface area contributed by atoms with Gasteiger partial charge in [-0.15, -0.1) is 0 Å². The number of nitrogens with two attached hydrogens (primary N) is 1. The highest BCUT2D eigenvalue weighted by Crippen LogP contribution is 2.32. The van der Waals surface area contributed by atoms with Gasteiger partial charge in [0.15, 0.2) is 6.54 Å². The molecule has 0 heterocycles. The molecular weight excluding hydrogens is 351 g/mol. The molecule has 152 valence electrons. The lowest BCUT2D eigenvalue weighted by Gasteiger charge is -2.22. The molecule has 0 saturated carbocycles. The van der Waals surface area contributed by atoms with Crippen molar-refractivity contribution in [3.05, 3.63) is 65.0 Å². The molecule has 2 rings (SSSR count). The van der Waals surface area contributed by atoms with E-state index in [1.165, 1.54) is 23.3 Å². The minimum Gasteiger partial charge on any atom is -0.332 e. The molecule has 0 bridgehead atoms. The van der Waals surface area contributed by atoms with Gasteiger partial charge in [0.2, 0.25) is 0 Å². The summed E-state index contributed by atoms with van der Waals surface area (Å²) in [5.41, 5.74) is 4.32. The number of carbonyl (C=O) groups excluding carboxylic acids is 1. The zero-order valence-corrected chi connectivity index (χ0v) is 17.9. The number of benzene rings is 2. The smallest absolute Gasteiger partial charge is 0.279 e. The highest BCUT2D eigenvalue weighted by atomic mass is 19.1. The van der Waals surface area contributed by atoms with Crippen molar-refractivity contribution in [1.29, 1.82) is 0 Å². The molecule has 28 heavy (non-hydrogen) atoms. The summed E-state index contributed by atoms with van der Waals surface area (Å²) in [5, 5.41) is 5.21. The standard InChI is InChI=1S/C24H33FN2O/c1-15(2)20-8-7-9-21(16(3)4)24(20)27-22(28)14-26-23(17(5)6)18-10-12-19(25)13-11-18/h7-13,15-17,23,26H,14H2,1-6H3,(H,27,28)/p+1/t23-/m0/s1. The molecule has 3 N–H and O–H groups in total. The van der Waals surface area contributed by atoms with Gasteiger partial charge in [-0.05, 0) is 35.1 Å². The number of amides is 1. The van der Waals surface area contributed by atoms with Gasteiger partial charge in [0.05, 0.1) is 0 Å². The summed E-state index contributed by atoms with van der Waals surface area (Å²) >= 11 is 0. The zero-order valence-electron chi connectivity index (χ0n) is 17.9. The van der Waals surface area contributed by atoms with Crippen molar-refractivity contribution in [1.82, 2.24) is 0 Å². The molecule has 0 unspecified atom stereocenters. The van der Waals surface area contributed by atoms with Crippen LogP contribution in [0.4, 0.5) is 10.1 Å². The first-order valence-electron chi connectivity index (χ1n) is 10.2. The molecule has 4 heteroatoms. The van der Waals surface area contributed by atoms with Crippen LogP contribution in [0.1, 0.15) is 76.1 Å². The lowest BCUT2D eigenvalue weighted by atomic mass is 9.92. The highest BCUT2D eigenvalue weighted by molar-refractivity contribution is 5.93. The monoisotopic (exact) mass is 385 g/mol. The molecule has 0 aliphatic rings. The fourth-order valence-electron chi connectivity index (χ4n) is 3.60. The van der Waals surface area contributed by atoms with Crippen molar-refractivity contribution in [2.24, 2.45) is 5.92 Å². The van der Waals surface area contributed by atoms with Crippen molar-refractivity contribution in [2.45, 2.75) is 59.4 Å². The number of rotatable bonds is 8. The Labute approximate surface area is 168 Å². The molecule has 0 aliphatic carbocycles. The van der Waals surface area contributed by atoms with E-state index < -0.39 is 0 Å². The van der Waals surface area contributed by atoms with Crippen molar-refractivity contribution in [3.8, 4) is 0 Å². The second-order valence-electron chi connectivity index (χ2n) is 8.43. The number of hydrogen-bond donors (Lipinski definition) is 2. The van der Waals surface area contributed by atoms with Gasteiger partial charge in [0.1, 0.15) is 11.9 Å². The Hall–Kier alpha value is -2.20. The lowest BCUT2D eigenvalue weighted by Crippen LogP contribution is -2.88. The molecule has 2 aromatic rings. The normalized spacial score (nSPS) is 12.6. The third-order valence-corrected chi connectivity index (χ3v) is 5.17. The van der Waals surface area contributed by atoms with Crippen LogP contribution in [-0.4, -0.2) is 12.5 Å². The van der Waals surface area contributed by atoms with Crippen molar-refractivity contribution in [2.75, 3.05) is 11.9 Å². The Morgan fingerprint density at radius 3 is 1.93 bits per heavy atom. The first-order valence-corrected chi connectivity index (χ1v) is 10.2. The number of nitrogens with one attached hydrogen (secondary N) is 1. The van der Waals surface area contributed by atoms with E-state index in [4.69, 9.17) is 0 Å². The fraction of sp³-hybridized carbons (Fsp3) is 0.458. The SMILES string of the molecule is CC(C)c1cccc(C(C)C)c1NC(=O)C[NH2+][C@H](c1ccc(F)cc1)C(C)C. The summed E-state index contributed by atoms with van der Waals surface area (Å²) in [5.74, 6) is 0.743. The first kappa shape index (κ1) is 22.1. The predicted molar refractivity (Wildman–Crippen MR) is 114 cm³/mol. The topological polar surface area (TPSA) is 45.7 Å². The quantitative estimate of drug-likeness (QED) is 0.662. The van der Waals surface area contributed by atoms with Crippen LogP contribution in [-0.2, 0) is 4.79 Å². The average molecular weight is 386 g/mol. The van der Waals surface area contributed by atoms with E-state index >= 15 is 0 Å². The van der Waals surface area contributed by atoms with Gasteiger partial charge in [-0.3, -0.25) is 4.79 Å². The van der Waals surface area contributed by atoms with Crippen LogP contribution in [0, 0.1) is 11.7 Å². The van der Waals surface area contributed by atoms with E-state index in [9.17, 15) is 9.18 Å². The summed E-state index contributed by atoms with van der Waals surface area (Å²) in [6.45, 7) is 13.1. The van der Waals surface area contributed by atoms with Crippen molar-refractivity contribution < 1.29 is 14.5 Å². The van der Waals surface area contributed by atoms with E-state index in [0.29, 0.717) is 24.3 Å². The maximum atomic E-state index is 13.2. The second-order valence-corrected chi connectivity index (χ2v) is 8.43. The number of halogens is 1. The number of quaternary nitrogens is 1. The molecular formula is C24H34FN2O+. The predicted octanol–water partition coefficient (Wildman–Crippen LogP) is 4.97. The van der Waals surface area contributed by atoms with Crippen molar-refractivity contribution >= 4 is 11.6 Å². The van der Waals surface area contributed by atoms with Gasteiger partial charge >= 0.3 is 0 Å². The van der Waals surface area contributed by atoms with Gasteiger partial charge < -0.3 is 10.6 Å². The van der Waals surface area contributed by atoms with E-state index in [2.05, 4.69) is 65.1 Å². The molecule has 1 atom stereocenters. The minimum atomic E-state index is -0.240.